The number of nitrogen functional groups attached to an aromatic ring is 1. The highest BCUT2D eigenvalue weighted by molar-refractivity contribution is 9.10. The SMILES string of the molecule is CC(C)(C)CCOc1ncnc(N)c1Br. The van der Waals surface area contributed by atoms with Crippen LogP contribution in [0.3, 0.4) is 0 Å². The molecule has 5 heteroatoms. The third kappa shape index (κ3) is 4.03. The third-order valence-electron chi connectivity index (χ3n) is 1.88. The van der Waals surface area contributed by atoms with Crippen LogP contribution in [0.15, 0.2) is 10.8 Å². The van der Waals surface area contributed by atoms with E-state index in [9.17, 15) is 0 Å². The van der Waals surface area contributed by atoms with E-state index in [4.69, 9.17) is 10.5 Å². The molecule has 1 aromatic rings. The summed E-state index contributed by atoms with van der Waals surface area (Å²) in [6.07, 6.45) is 2.36. The summed E-state index contributed by atoms with van der Waals surface area (Å²) in [5.74, 6) is 0.905. The highest BCUT2D eigenvalue weighted by Crippen LogP contribution is 2.27. The van der Waals surface area contributed by atoms with Gasteiger partial charge in [-0.25, -0.2) is 9.97 Å². The lowest BCUT2D eigenvalue weighted by atomic mass is 9.93. The molecule has 0 amide bonds. The van der Waals surface area contributed by atoms with Crippen LogP contribution < -0.4 is 10.5 Å². The standard InChI is InChI=1S/C10H16BrN3O/c1-10(2,3)4-5-15-9-7(11)8(12)13-6-14-9/h6H,4-5H2,1-3H3,(H2,12,13,14). The van der Waals surface area contributed by atoms with Crippen molar-refractivity contribution in [3.8, 4) is 5.88 Å². The maximum Gasteiger partial charge on any atom is 0.233 e. The quantitative estimate of drug-likeness (QED) is 0.920. The van der Waals surface area contributed by atoms with Gasteiger partial charge < -0.3 is 10.5 Å². The molecule has 0 aliphatic heterocycles. The van der Waals surface area contributed by atoms with Gasteiger partial charge in [0.15, 0.2) is 0 Å². The smallest absolute Gasteiger partial charge is 0.233 e. The third-order valence-corrected chi connectivity index (χ3v) is 2.62. The van der Waals surface area contributed by atoms with Crippen molar-refractivity contribution < 1.29 is 4.74 Å². The van der Waals surface area contributed by atoms with E-state index in [0.717, 1.165) is 6.42 Å². The zero-order valence-corrected chi connectivity index (χ0v) is 10.8. The van der Waals surface area contributed by atoms with Gasteiger partial charge in [0.05, 0.1) is 6.61 Å². The Bertz CT molecular complexity index is 336. The molecule has 1 heterocycles. The van der Waals surface area contributed by atoms with Crippen molar-refractivity contribution in [2.75, 3.05) is 12.3 Å². The van der Waals surface area contributed by atoms with E-state index >= 15 is 0 Å². The minimum Gasteiger partial charge on any atom is -0.477 e. The molecule has 2 N–H and O–H groups in total. The highest BCUT2D eigenvalue weighted by atomic mass is 79.9. The summed E-state index contributed by atoms with van der Waals surface area (Å²) in [6, 6.07) is 0. The van der Waals surface area contributed by atoms with Crippen LogP contribution in [-0.4, -0.2) is 16.6 Å². The number of nitrogens with zero attached hydrogens (tertiary/aromatic N) is 2. The van der Waals surface area contributed by atoms with Gasteiger partial charge in [-0.15, -0.1) is 0 Å². The Labute approximate surface area is 98.4 Å². The second kappa shape index (κ2) is 4.79. The molecule has 15 heavy (non-hydrogen) atoms. The van der Waals surface area contributed by atoms with E-state index in [1.807, 2.05) is 0 Å². The first-order chi connectivity index (χ1) is 6.90. The molecule has 0 aromatic carbocycles. The van der Waals surface area contributed by atoms with Gasteiger partial charge in [-0.1, -0.05) is 20.8 Å². The summed E-state index contributed by atoms with van der Waals surface area (Å²) in [5, 5.41) is 0. The van der Waals surface area contributed by atoms with Gasteiger partial charge in [-0.3, -0.25) is 0 Å². The zero-order chi connectivity index (χ0) is 11.5. The lowest BCUT2D eigenvalue weighted by Crippen LogP contribution is -2.12. The first kappa shape index (κ1) is 12.2. The maximum atomic E-state index is 5.60. The largest absolute Gasteiger partial charge is 0.477 e. The van der Waals surface area contributed by atoms with Gasteiger partial charge in [0.1, 0.15) is 16.6 Å². The van der Waals surface area contributed by atoms with Crippen LogP contribution in [-0.2, 0) is 0 Å². The van der Waals surface area contributed by atoms with Crippen molar-refractivity contribution in [2.45, 2.75) is 27.2 Å². The van der Waals surface area contributed by atoms with E-state index in [2.05, 4.69) is 46.7 Å². The van der Waals surface area contributed by atoms with Gasteiger partial charge >= 0.3 is 0 Å². The van der Waals surface area contributed by atoms with Gasteiger partial charge in [0.2, 0.25) is 5.88 Å². The van der Waals surface area contributed by atoms with Crippen LogP contribution in [0, 0.1) is 5.41 Å². The topological polar surface area (TPSA) is 61.0 Å². The number of ether oxygens (including phenoxy) is 1. The lowest BCUT2D eigenvalue weighted by Gasteiger charge is -2.18. The predicted octanol–water partition coefficient (Wildman–Crippen LogP) is 2.64. The van der Waals surface area contributed by atoms with Gasteiger partial charge in [0, 0.05) is 0 Å². The number of hydrogen-bond donors (Lipinski definition) is 1. The van der Waals surface area contributed by atoms with Crippen molar-refractivity contribution in [2.24, 2.45) is 5.41 Å². The number of nitrogens with two attached hydrogens (primary N) is 1. The Morgan fingerprint density at radius 1 is 1.40 bits per heavy atom. The Balaban J connectivity index is 2.55. The van der Waals surface area contributed by atoms with E-state index in [1.54, 1.807) is 0 Å². The molecule has 0 saturated carbocycles. The fourth-order valence-electron chi connectivity index (χ4n) is 0.921. The molecule has 84 valence electrons. The molecule has 0 saturated heterocycles. The Hall–Kier alpha value is -0.840. The molecule has 0 unspecified atom stereocenters. The second-order valence-corrected chi connectivity index (χ2v) is 5.33. The number of hydrogen-bond acceptors (Lipinski definition) is 4. The molecule has 4 nitrogen and oxygen atoms in total. The number of aromatic nitrogens is 2. The molecule has 0 bridgehead atoms. The molecule has 1 aromatic heterocycles. The monoisotopic (exact) mass is 273 g/mol. The maximum absolute atomic E-state index is 5.60. The molecular formula is C10H16BrN3O. The van der Waals surface area contributed by atoms with Gasteiger partial charge in [-0.2, -0.15) is 0 Å². The average molecular weight is 274 g/mol. The Morgan fingerprint density at radius 2 is 2.07 bits per heavy atom. The molecule has 0 aliphatic carbocycles. The average Bonchev–Trinajstić information content (AvgIpc) is 2.10. The summed E-state index contributed by atoms with van der Waals surface area (Å²) in [7, 11) is 0. The number of halogens is 1. The summed E-state index contributed by atoms with van der Waals surface area (Å²) < 4.78 is 6.14. The predicted molar refractivity (Wildman–Crippen MR) is 63.7 cm³/mol. The van der Waals surface area contributed by atoms with Crippen molar-refractivity contribution in [3.05, 3.63) is 10.8 Å². The first-order valence-electron chi connectivity index (χ1n) is 4.79. The fourth-order valence-corrected chi connectivity index (χ4v) is 1.24. The summed E-state index contributed by atoms with van der Waals surface area (Å²) in [5.41, 5.74) is 5.86. The van der Waals surface area contributed by atoms with Crippen LogP contribution in [0.4, 0.5) is 5.82 Å². The van der Waals surface area contributed by atoms with Crippen molar-refractivity contribution >= 4 is 21.7 Å². The van der Waals surface area contributed by atoms with E-state index in [-0.39, 0.29) is 5.41 Å². The Kier molecular flexibility index (Phi) is 3.90. The number of anilines is 1. The minimum absolute atomic E-state index is 0.255. The van der Waals surface area contributed by atoms with E-state index in [1.165, 1.54) is 6.33 Å². The van der Waals surface area contributed by atoms with Crippen LogP contribution in [0.5, 0.6) is 5.88 Å². The lowest BCUT2D eigenvalue weighted by molar-refractivity contribution is 0.235. The van der Waals surface area contributed by atoms with Crippen molar-refractivity contribution in [1.29, 1.82) is 0 Å². The molecular weight excluding hydrogens is 258 g/mol. The van der Waals surface area contributed by atoms with Crippen LogP contribution in [0.1, 0.15) is 27.2 Å². The number of rotatable bonds is 3. The van der Waals surface area contributed by atoms with Crippen LogP contribution >= 0.6 is 15.9 Å². The van der Waals surface area contributed by atoms with Crippen LogP contribution in [0.25, 0.3) is 0 Å². The highest BCUT2D eigenvalue weighted by Gasteiger charge is 2.12. The normalized spacial score (nSPS) is 11.5. The van der Waals surface area contributed by atoms with Gasteiger partial charge in [-0.05, 0) is 27.8 Å². The summed E-state index contributed by atoms with van der Waals surface area (Å²) in [4.78, 5) is 7.83. The second-order valence-electron chi connectivity index (χ2n) is 4.54. The van der Waals surface area contributed by atoms with Crippen LogP contribution in [0.2, 0.25) is 0 Å². The fraction of sp³-hybridized carbons (Fsp3) is 0.600. The summed E-state index contributed by atoms with van der Waals surface area (Å²) >= 11 is 3.29. The molecule has 0 radical (unpaired) electrons. The molecule has 1 rings (SSSR count). The van der Waals surface area contributed by atoms with Crippen molar-refractivity contribution in [3.63, 3.8) is 0 Å². The van der Waals surface area contributed by atoms with E-state index in [0.29, 0.717) is 22.8 Å². The molecule has 0 spiro atoms. The molecule has 0 aliphatic rings. The molecule has 0 atom stereocenters. The van der Waals surface area contributed by atoms with E-state index < -0.39 is 0 Å². The summed E-state index contributed by atoms with van der Waals surface area (Å²) in [6.45, 7) is 7.12. The zero-order valence-electron chi connectivity index (χ0n) is 9.25. The molecule has 0 fully saturated rings. The van der Waals surface area contributed by atoms with Gasteiger partial charge in [0.25, 0.3) is 0 Å². The Morgan fingerprint density at radius 3 is 2.67 bits per heavy atom. The minimum atomic E-state index is 0.255. The first-order valence-corrected chi connectivity index (χ1v) is 5.58. The van der Waals surface area contributed by atoms with Crippen molar-refractivity contribution in [1.82, 2.24) is 9.97 Å².